The molecule has 0 spiro atoms. The third-order valence-corrected chi connectivity index (χ3v) is 5.43. The molecule has 6 heteroatoms. The number of rotatable bonds is 6. The molecule has 142 valence electrons. The molecule has 2 aliphatic rings. The molecule has 3 rings (SSSR count). The van der Waals surface area contributed by atoms with Gasteiger partial charge in [-0.05, 0) is 88.0 Å². The fourth-order valence-electron chi connectivity index (χ4n) is 3.62. The molecule has 1 aromatic rings. The normalized spacial score (nSPS) is 19.1. The third kappa shape index (κ3) is 5.54. The fraction of sp³-hybridized carbons (Fsp3) is 0.600. The topological polar surface area (TPSA) is 82.3 Å². The molecule has 0 saturated carbocycles. The predicted molar refractivity (Wildman–Crippen MR) is 102 cm³/mol. The third-order valence-electron chi connectivity index (χ3n) is 5.43. The van der Waals surface area contributed by atoms with Crippen LogP contribution in [0.4, 0.5) is 0 Å². The van der Waals surface area contributed by atoms with Gasteiger partial charge in [0.05, 0.1) is 0 Å². The van der Waals surface area contributed by atoms with Gasteiger partial charge < -0.3 is 21.3 Å². The van der Waals surface area contributed by atoms with Crippen LogP contribution < -0.4 is 21.3 Å². The van der Waals surface area contributed by atoms with Gasteiger partial charge in [-0.3, -0.25) is 9.59 Å². The first-order chi connectivity index (χ1) is 12.7. The quantitative estimate of drug-likeness (QED) is 0.615. The molecule has 2 heterocycles. The number of hydrogen-bond donors (Lipinski definition) is 4. The molecule has 2 saturated heterocycles. The molecule has 0 unspecified atom stereocenters. The highest BCUT2D eigenvalue weighted by Crippen LogP contribution is 2.12. The fourth-order valence-corrected chi connectivity index (χ4v) is 3.62. The Bertz CT molecular complexity index is 537. The Balaban J connectivity index is 1.44. The second-order valence-electron chi connectivity index (χ2n) is 7.38. The van der Waals surface area contributed by atoms with Crippen LogP contribution in [0, 0.1) is 11.8 Å². The summed E-state index contributed by atoms with van der Waals surface area (Å²) in [6.07, 6.45) is 4.43. The first kappa shape index (κ1) is 18.9. The van der Waals surface area contributed by atoms with Gasteiger partial charge in [0.2, 0.25) is 0 Å². The van der Waals surface area contributed by atoms with Crippen molar-refractivity contribution in [1.82, 2.24) is 21.3 Å². The largest absolute Gasteiger partial charge is 0.352 e. The van der Waals surface area contributed by atoms with E-state index in [1.54, 1.807) is 24.3 Å². The highest BCUT2D eigenvalue weighted by atomic mass is 16.2. The lowest BCUT2D eigenvalue weighted by Crippen LogP contribution is -2.36. The second-order valence-corrected chi connectivity index (χ2v) is 7.38. The minimum Gasteiger partial charge on any atom is -0.352 e. The number of amides is 2. The van der Waals surface area contributed by atoms with Crippen LogP contribution in [0.2, 0.25) is 0 Å². The van der Waals surface area contributed by atoms with E-state index in [9.17, 15) is 9.59 Å². The van der Waals surface area contributed by atoms with Crippen LogP contribution in [0.15, 0.2) is 24.3 Å². The molecule has 2 fully saturated rings. The highest BCUT2D eigenvalue weighted by molar-refractivity contribution is 5.97. The molecular weight excluding hydrogens is 328 g/mol. The molecule has 0 bridgehead atoms. The molecule has 0 atom stereocenters. The van der Waals surface area contributed by atoms with Gasteiger partial charge in [-0.2, -0.15) is 0 Å². The molecule has 2 amide bonds. The lowest BCUT2D eigenvalue weighted by Gasteiger charge is -2.23. The van der Waals surface area contributed by atoms with Crippen LogP contribution in [0.25, 0.3) is 0 Å². The van der Waals surface area contributed by atoms with E-state index in [1.165, 1.54) is 0 Å². The summed E-state index contributed by atoms with van der Waals surface area (Å²) in [6.45, 7) is 5.56. The average molecular weight is 358 g/mol. The molecule has 2 aliphatic heterocycles. The Morgan fingerprint density at radius 3 is 1.42 bits per heavy atom. The lowest BCUT2D eigenvalue weighted by atomic mass is 9.98. The van der Waals surface area contributed by atoms with E-state index < -0.39 is 0 Å². The van der Waals surface area contributed by atoms with E-state index in [1.807, 2.05) is 0 Å². The number of carbonyl (C=O) groups is 2. The van der Waals surface area contributed by atoms with Gasteiger partial charge in [-0.1, -0.05) is 0 Å². The van der Waals surface area contributed by atoms with Crippen LogP contribution >= 0.6 is 0 Å². The van der Waals surface area contributed by atoms with Crippen molar-refractivity contribution in [3.8, 4) is 0 Å². The molecular formula is C20H30N4O2. The maximum atomic E-state index is 12.3. The first-order valence-electron chi connectivity index (χ1n) is 9.80. The molecule has 26 heavy (non-hydrogen) atoms. The monoisotopic (exact) mass is 358 g/mol. The van der Waals surface area contributed by atoms with Crippen LogP contribution in [-0.4, -0.2) is 51.1 Å². The summed E-state index contributed by atoms with van der Waals surface area (Å²) < 4.78 is 0. The number of hydrogen-bond acceptors (Lipinski definition) is 4. The number of benzene rings is 1. The van der Waals surface area contributed by atoms with Crippen molar-refractivity contribution in [3.05, 3.63) is 35.4 Å². The zero-order chi connectivity index (χ0) is 18.2. The zero-order valence-corrected chi connectivity index (χ0v) is 15.4. The van der Waals surface area contributed by atoms with Crippen molar-refractivity contribution >= 4 is 11.8 Å². The number of piperidine rings is 2. The first-order valence-corrected chi connectivity index (χ1v) is 9.80. The van der Waals surface area contributed by atoms with Crippen LogP contribution in [0.1, 0.15) is 46.4 Å². The van der Waals surface area contributed by atoms with Crippen molar-refractivity contribution < 1.29 is 9.59 Å². The van der Waals surface area contributed by atoms with Crippen LogP contribution in [-0.2, 0) is 0 Å². The van der Waals surface area contributed by atoms with E-state index in [4.69, 9.17) is 0 Å². The molecule has 4 N–H and O–H groups in total. The number of nitrogens with one attached hydrogen (secondary N) is 4. The van der Waals surface area contributed by atoms with Crippen molar-refractivity contribution in [2.75, 3.05) is 39.3 Å². The minimum absolute atomic E-state index is 0.0646. The number of carbonyl (C=O) groups excluding carboxylic acids is 2. The Morgan fingerprint density at radius 2 is 1.08 bits per heavy atom. The molecule has 0 radical (unpaired) electrons. The van der Waals surface area contributed by atoms with E-state index in [0.29, 0.717) is 23.0 Å². The Hall–Kier alpha value is -1.92. The lowest BCUT2D eigenvalue weighted by molar-refractivity contribution is 0.0932. The Labute approximate surface area is 155 Å². The Kier molecular flexibility index (Phi) is 7.03. The Morgan fingerprint density at radius 1 is 0.731 bits per heavy atom. The van der Waals surface area contributed by atoms with Crippen LogP contribution in [0.3, 0.4) is 0 Å². The molecule has 1 aromatic carbocycles. The molecule has 6 nitrogen and oxygen atoms in total. The van der Waals surface area contributed by atoms with E-state index >= 15 is 0 Å². The highest BCUT2D eigenvalue weighted by Gasteiger charge is 2.16. The van der Waals surface area contributed by atoms with Gasteiger partial charge in [0.1, 0.15) is 0 Å². The smallest absolute Gasteiger partial charge is 0.251 e. The maximum absolute atomic E-state index is 12.3. The van der Waals surface area contributed by atoms with Crippen LogP contribution in [0.5, 0.6) is 0 Å². The standard InChI is InChI=1S/C20H30N4O2/c25-19(23-13-15-5-9-21-10-6-15)17-1-2-18(4-3-17)20(26)24-14-16-7-11-22-12-8-16/h1-4,15-16,21-22H,5-14H2,(H,23,25)(H,24,26). The van der Waals surface area contributed by atoms with Gasteiger partial charge in [0.25, 0.3) is 11.8 Å². The van der Waals surface area contributed by atoms with E-state index in [-0.39, 0.29) is 11.8 Å². The summed E-state index contributed by atoms with van der Waals surface area (Å²) in [6, 6.07) is 6.93. The van der Waals surface area contributed by atoms with Crippen molar-refractivity contribution in [2.24, 2.45) is 11.8 Å². The summed E-state index contributed by atoms with van der Waals surface area (Å²) in [5.74, 6) is 0.982. The molecule has 0 aliphatic carbocycles. The SMILES string of the molecule is O=C(NCC1CCNCC1)c1ccc(C(=O)NCC2CCNCC2)cc1. The molecule has 0 aromatic heterocycles. The van der Waals surface area contributed by atoms with E-state index in [0.717, 1.165) is 65.0 Å². The van der Waals surface area contributed by atoms with Crippen molar-refractivity contribution in [3.63, 3.8) is 0 Å². The van der Waals surface area contributed by atoms with Crippen molar-refractivity contribution in [1.29, 1.82) is 0 Å². The van der Waals surface area contributed by atoms with Crippen molar-refractivity contribution in [2.45, 2.75) is 25.7 Å². The zero-order valence-electron chi connectivity index (χ0n) is 15.4. The van der Waals surface area contributed by atoms with Gasteiger partial charge in [-0.15, -0.1) is 0 Å². The maximum Gasteiger partial charge on any atom is 0.251 e. The minimum atomic E-state index is -0.0646. The second kappa shape index (κ2) is 9.69. The summed E-state index contributed by atoms with van der Waals surface area (Å²) in [5, 5.41) is 12.7. The van der Waals surface area contributed by atoms with Gasteiger partial charge in [0.15, 0.2) is 0 Å². The van der Waals surface area contributed by atoms with Gasteiger partial charge in [-0.25, -0.2) is 0 Å². The van der Waals surface area contributed by atoms with Gasteiger partial charge in [0, 0.05) is 24.2 Å². The van der Waals surface area contributed by atoms with Gasteiger partial charge >= 0.3 is 0 Å². The summed E-state index contributed by atoms with van der Waals surface area (Å²) in [7, 11) is 0. The summed E-state index contributed by atoms with van der Waals surface area (Å²) >= 11 is 0. The predicted octanol–water partition coefficient (Wildman–Crippen LogP) is 1.15. The average Bonchev–Trinajstić information content (AvgIpc) is 2.72. The summed E-state index contributed by atoms with van der Waals surface area (Å²) in [4.78, 5) is 24.5. The van der Waals surface area contributed by atoms with E-state index in [2.05, 4.69) is 21.3 Å². The summed E-state index contributed by atoms with van der Waals surface area (Å²) in [5.41, 5.74) is 1.21.